The van der Waals surface area contributed by atoms with Crippen molar-refractivity contribution in [2.75, 3.05) is 20.8 Å². The molecule has 0 saturated heterocycles. The quantitative estimate of drug-likeness (QED) is 0.363. The maximum Gasteiger partial charge on any atom is 0.266 e. The fraction of sp³-hybridized carbons (Fsp3) is 0.160. The second-order valence-electron chi connectivity index (χ2n) is 7.50. The number of carbonyl (C=O) groups is 1. The third-order valence-electron chi connectivity index (χ3n) is 5.40. The van der Waals surface area contributed by atoms with Crippen LogP contribution in [0.3, 0.4) is 0 Å². The van der Waals surface area contributed by atoms with Crippen molar-refractivity contribution in [2.24, 2.45) is 0 Å². The number of benzene rings is 3. The van der Waals surface area contributed by atoms with Crippen LogP contribution < -0.4 is 20.3 Å². The Kier molecular flexibility index (Phi) is 7.00. The molecule has 174 valence electrons. The number of nitrogens with one attached hydrogen (secondary N) is 2. The van der Waals surface area contributed by atoms with Gasteiger partial charge in [-0.05, 0) is 66.7 Å². The zero-order chi connectivity index (χ0) is 24.2. The molecule has 4 rings (SSSR count). The Bertz CT molecular complexity index is 1480. The van der Waals surface area contributed by atoms with Gasteiger partial charge in [0.15, 0.2) is 16.3 Å². The number of H-pyrrole nitrogens is 1. The van der Waals surface area contributed by atoms with Crippen molar-refractivity contribution in [3.63, 3.8) is 0 Å². The van der Waals surface area contributed by atoms with Crippen molar-refractivity contribution in [3.05, 3.63) is 91.9 Å². The third-order valence-corrected chi connectivity index (χ3v) is 5.93. The van der Waals surface area contributed by atoms with Gasteiger partial charge in [-0.15, -0.1) is 0 Å². The smallest absolute Gasteiger partial charge is 0.266 e. The first-order valence-corrected chi connectivity index (χ1v) is 11.2. The summed E-state index contributed by atoms with van der Waals surface area (Å²) in [4.78, 5) is 28.9. The van der Waals surface area contributed by atoms with Crippen molar-refractivity contribution in [1.29, 1.82) is 0 Å². The maximum absolute atomic E-state index is 13.2. The summed E-state index contributed by atoms with van der Waals surface area (Å²) in [5, 5.41) is 3.97. The highest BCUT2D eigenvalue weighted by Gasteiger charge is 2.13. The van der Waals surface area contributed by atoms with E-state index in [1.807, 2.05) is 24.3 Å². The van der Waals surface area contributed by atoms with E-state index in [4.69, 9.17) is 33.3 Å². The molecule has 0 bridgehead atoms. The minimum Gasteiger partial charge on any atom is -0.493 e. The van der Waals surface area contributed by atoms with Gasteiger partial charge in [-0.1, -0.05) is 23.7 Å². The molecule has 2 N–H and O–H groups in total. The Balaban J connectivity index is 1.59. The zero-order valence-electron chi connectivity index (χ0n) is 18.6. The minimum absolute atomic E-state index is 0.199. The zero-order valence-corrected chi connectivity index (χ0v) is 20.1. The van der Waals surface area contributed by atoms with E-state index in [2.05, 4.69) is 10.3 Å². The maximum atomic E-state index is 13.2. The van der Waals surface area contributed by atoms with Gasteiger partial charge >= 0.3 is 0 Å². The first kappa shape index (κ1) is 23.5. The number of rotatable bonds is 7. The molecular formula is C25H22ClN3O4S. The van der Waals surface area contributed by atoms with E-state index < -0.39 is 0 Å². The molecule has 0 aliphatic heterocycles. The van der Waals surface area contributed by atoms with E-state index in [9.17, 15) is 9.59 Å². The van der Waals surface area contributed by atoms with Crippen LogP contribution in [-0.4, -0.2) is 36.2 Å². The van der Waals surface area contributed by atoms with Crippen LogP contribution in [0, 0.1) is 4.77 Å². The van der Waals surface area contributed by atoms with Crippen LogP contribution in [0.2, 0.25) is 5.02 Å². The summed E-state index contributed by atoms with van der Waals surface area (Å²) in [6, 6.07) is 17.5. The number of aromatic amines is 1. The number of hydrogen-bond donors (Lipinski definition) is 2. The molecule has 0 aliphatic rings. The summed E-state index contributed by atoms with van der Waals surface area (Å²) in [5.41, 5.74) is 2.22. The average molecular weight is 496 g/mol. The van der Waals surface area contributed by atoms with Crippen LogP contribution in [0.25, 0.3) is 16.6 Å². The number of carbonyl (C=O) groups excluding carboxylic acids is 1. The van der Waals surface area contributed by atoms with Gasteiger partial charge in [-0.2, -0.15) is 0 Å². The van der Waals surface area contributed by atoms with Gasteiger partial charge < -0.3 is 19.8 Å². The number of hydrogen-bond acceptors (Lipinski definition) is 5. The van der Waals surface area contributed by atoms with Gasteiger partial charge in [0, 0.05) is 23.2 Å². The molecule has 4 aromatic rings. The fourth-order valence-corrected chi connectivity index (χ4v) is 4.06. The molecular weight excluding hydrogens is 474 g/mol. The predicted octanol–water partition coefficient (Wildman–Crippen LogP) is 4.69. The van der Waals surface area contributed by atoms with Gasteiger partial charge in [-0.25, -0.2) is 0 Å². The third kappa shape index (κ3) is 4.83. The van der Waals surface area contributed by atoms with Crippen LogP contribution in [0.1, 0.15) is 15.9 Å². The Hall–Kier alpha value is -3.62. The standard InChI is InChI=1S/C25H22ClN3O4S/c1-32-21-10-8-18(14-22(21)33-2)29-24(31)19-9-5-16(13-20(19)28-25(29)34)23(30)27-12-11-15-3-6-17(26)7-4-15/h3-10,13-14H,11-12H2,1-2H3,(H,27,30)(H,28,34). The van der Waals surface area contributed by atoms with Crippen molar-refractivity contribution >= 4 is 40.6 Å². The molecule has 0 aliphatic carbocycles. The van der Waals surface area contributed by atoms with Crippen molar-refractivity contribution in [2.45, 2.75) is 6.42 Å². The second-order valence-corrected chi connectivity index (χ2v) is 8.33. The first-order chi connectivity index (χ1) is 16.4. The fourth-order valence-electron chi connectivity index (χ4n) is 3.63. The summed E-state index contributed by atoms with van der Waals surface area (Å²) in [7, 11) is 3.06. The van der Waals surface area contributed by atoms with Gasteiger partial charge in [0.1, 0.15) is 0 Å². The molecule has 3 aromatic carbocycles. The number of methoxy groups -OCH3 is 2. The summed E-state index contributed by atoms with van der Waals surface area (Å²) >= 11 is 11.4. The monoisotopic (exact) mass is 495 g/mol. The molecule has 0 atom stereocenters. The van der Waals surface area contributed by atoms with Gasteiger partial charge in [-0.3, -0.25) is 14.2 Å². The first-order valence-electron chi connectivity index (χ1n) is 10.5. The lowest BCUT2D eigenvalue weighted by molar-refractivity contribution is 0.0954. The second kappa shape index (κ2) is 10.1. The topological polar surface area (TPSA) is 85.4 Å². The number of fused-ring (bicyclic) bond motifs is 1. The van der Waals surface area contributed by atoms with Crippen LogP contribution in [0.15, 0.2) is 65.5 Å². The predicted molar refractivity (Wildman–Crippen MR) is 135 cm³/mol. The lowest BCUT2D eigenvalue weighted by Crippen LogP contribution is -2.26. The van der Waals surface area contributed by atoms with Crippen molar-refractivity contribution < 1.29 is 14.3 Å². The Morgan fingerprint density at radius 3 is 2.47 bits per heavy atom. The summed E-state index contributed by atoms with van der Waals surface area (Å²) in [6.45, 7) is 0.468. The number of aromatic nitrogens is 2. The molecule has 7 nitrogen and oxygen atoms in total. The van der Waals surface area contributed by atoms with E-state index in [0.717, 1.165) is 5.56 Å². The molecule has 0 saturated carbocycles. The molecule has 9 heteroatoms. The van der Waals surface area contributed by atoms with Crippen LogP contribution >= 0.6 is 23.8 Å². The van der Waals surface area contributed by atoms with Crippen LogP contribution in [0.4, 0.5) is 0 Å². The van der Waals surface area contributed by atoms with E-state index in [0.29, 0.717) is 51.6 Å². The largest absolute Gasteiger partial charge is 0.493 e. The Morgan fingerprint density at radius 2 is 1.76 bits per heavy atom. The number of nitrogens with zero attached hydrogens (tertiary/aromatic N) is 1. The van der Waals surface area contributed by atoms with Gasteiger partial charge in [0.05, 0.1) is 30.8 Å². The highest BCUT2D eigenvalue weighted by Crippen LogP contribution is 2.29. The van der Waals surface area contributed by atoms with E-state index in [-0.39, 0.29) is 16.2 Å². The van der Waals surface area contributed by atoms with Gasteiger partial charge in [0.2, 0.25) is 0 Å². The molecule has 0 fully saturated rings. The average Bonchev–Trinajstić information content (AvgIpc) is 2.84. The van der Waals surface area contributed by atoms with E-state index in [1.165, 1.54) is 18.8 Å². The Labute approximate surface area is 205 Å². The normalized spacial score (nSPS) is 10.8. The molecule has 0 spiro atoms. The SMILES string of the molecule is COc1ccc(-n2c(=S)[nH]c3cc(C(=O)NCCc4ccc(Cl)cc4)ccc3c2=O)cc1OC. The van der Waals surface area contributed by atoms with E-state index >= 15 is 0 Å². The lowest BCUT2D eigenvalue weighted by Gasteiger charge is -2.12. The van der Waals surface area contributed by atoms with Gasteiger partial charge in [0.25, 0.3) is 11.5 Å². The van der Waals surface area contributed by atoms with Crippen LogP contribution in [0.5, 0.6) is 11.5 Å². The molecule has 1 heterocycles. The minimum atomic E-state index is -0.305. The molecule has 1 amide bonds. The summed E-state index contributed by atoms with van der Waals surface area (Å²) in [6.07, 6.45) is 0.676. The van der Waals surface area contributed by atoms with Crippen LogP contribution in [-0.2, 0) is 6.42 Å². The highest BCUT2D eigenvalue weighted by atomic mass is 35.5. The number of halogens is 1. The number of ether oxygens (including phenoxy) is 2. The lowest BCUT2D eigenvalue weighted by atomic mass is 10.1. The summed E-state index contributed by atoms with van der Waals surface area (Å²) < 4.78 is 12.2. The molecule has 0 unspecified atom stereocenters. The molecule has 34 heavy (non-hydrogen) atoms. The Morgan fingerprint density at radius 1 is 1.03 bits per heavy atom. The van der Waals surface area contributed by atoms with Crippen molar-refractivity contribution in [1.82, 2.24) is 14.9 Å². The highest BCUT2D eigenvalue weighted by molar-refractivity contribution is 7.71. The van der Waals surface area contributed by atoms with Crippen molar-refractivity contribution in [3.8, 4) is 17.2 Å². The van der Waals surface area contributed by atoms with E-state index in [1.54, 1.807) is 36.4 Å². The summed E-state index contributed by atoms with van der Waals surface area (Å²) in [5.74, 6) is 0.785. The molecule has 1 aromatic heterocycles. The number of amides is 1. The molecule has 0 radical (unpaired) electrons.